The van der Waals surface area contributed by atoms with Crippen LogP contribution in [-0.2, 0) is 24.2 Å². The van der Waals surface area contributed by atoms with E-state index in [4.69, 9.17) is 0 Å². The second-order valence-corrected chi connectivity index (χ2v) is 4.08. The highest BCUT2D eigenvalue weighted by Gasteiger charge is 2.18. The Hall–Kier alpha value is -1.12. The number of aromatic nitrogens is 2. The number of carbonyl (C=O) groups excluding carboxylic acids is 1. The summed E-state index contributed by atoms with van der Waals surface area (Å²) >= 11 is 0. The van der Waals surface area contributed by atoms with Gasteiger partial charge in [0.1, 0.15) is 0 Å². The first-order chi connectivity index (χ1) is 6.68. The predicted molar refractivity (Wildman–Crippen MR) is 54.3 cm³/mol. The zero-order chi connectivity index (χ0) is 10.1. The number of hydrogen-bond acceptors (Lipinski definition) is 2. The second kappa shape index (κ2) is 3.56. The van der Waals surface area contributed by atoms with Crippen molar-refractivity contribution in [3.63, 3.8) is 0 Å². The van der Waals surface area contributed by atoms with Gasteiger partial charge in [0.25, 0.3) is 0 Å². The van der Waals surface area contributed by atoms with E-state index >= 15 is 0 Å². The number of hydrogen-bond donors (Lipinski definition) is 0. The molecule has 1 aliphatic rings. The SMILES string of the molecule is CC(=O)Cn1nc(C)c2c1CCCC2. The van der Waals surface area contributed by atoms with Crippen LogP contribution in [0.4, 0.5) is 0 Å². The van der Waals surface area contributed by atoms with Crippen LogP contribution in [-0.4, -0.2) is 15.6 Å². The first-order valence-corrected chi connectivity index (χ1v) is 5.23. The lowest BCUT2D eigenvalue weighted by atomic mass is 9.96. The van der Waals surface area contributed by atoms with E-state index in [0.717, 1.165) is 18.5 Å². The summed E-state index contributed by atoms with van der Waals surface area (Å²) in [5.74, 6) is 0.181. The molecule has 14 heavy (non-hydrogen) atoms. The second-order valence-electron chi connectivity index (χ2n) is 4.08. The van der Waals surface area contributed by atoms with Gasteiger partial charge in [-0.1, -0.05) is 0 Å². The zero-order valence-corrected chi connectivity index (χ0v) is 8.84. The smallest absolute Gasteiger partial charge is 0.151 e. The molecule has 0 radical (unpaired) electrons. The lowest BCUT2D eigenvalue weighted by Gasteiger charge is -2.13. The molecule has 0 unspecified atom stereocenters. The number of rotatable bonds is 2. The molecule has 0 spiro atoms. The van der Waals surface area contributed by atoms with E-state index in [1.807, 2.05) is 11.6 Å². The number of fused-ring (bicyclic) bond motifs is 1. The van der Waals surface area contributed by atoms with E-state index in [9.17, 15) is 4.79 Å². The van der Waals surface area contributed by atoms with Gasteiger partial charge in [-0.25, -0.2) is 0 Å². The minimum atomic E-state index is 0.181. The topological polar surface area (TPSA) is 34.9 Å². The monoisotopic (exact) mass is 192 g/mol. The van der Waals surface area contributed by atoms with Crippen LogP contribution in [0.5, 0.6) is 0 Å². The molecule has 0 aromatic carbocycles. The number of carbonyl (C=O) groups is 1. The Bertz CT molecular complexity index is 366. The Morgan fingerprint density at radius 3 is 2.86 bits per heavy atom. The maximum atomic E-state index is 11.0. The van der Waals surface area contributed by atoms with Crippen molar-refractivity contribution in [2.45, 2.75) is 46.1 Å². The van der Waals surface area contributed by atoms with E-state index in [2.05, 4.69) is 5.10 Å². The standard InChI is InChI=1S/C11H16N2O/c1-8(14)7-13-11-6-4-3-5-10(11)9(2)12-13/h3-7H2,1-2H3. The number of aryl methyl sites for hydroxylation is 1. The molecule has 1 aromatic heterocycles. The van der Waals surface area contributed by atoms with Gasteiger partial charge < -0.3 is 0 Å². The van der Waals surface area contributed by atoms with E-state index in [-0.39, 0.29) is 5.78 Å². The van der Waals surface area contributed by atoms with Crippen molar-refractivity contribution in [3.8, 4) is 0 Å². The zero-order valence-electron chi connectivity index (χ0n) is 8.84. The molecule has 3 nitrogen and oxygen atoms in total. The molecule has 0 saturated carbocycles. The van der Waals surface area contributed by atoms with Crippen molar-refractivity contribution in [3.05, 3.63) is 17.0 Å². The fraction of sp³-hybridized carbons (Fsp3) is 0.636. The van der Waals surface area contributed by atoms with Crippen molar-refractivity contribution < 1.29 is 4.79 Å². The highest BCUT2D eigenvalue weighted by atomic mass is 16.1. The molecule has 2 rings (SSSR count). The third-order valence-electron chi connectivity index (χ3n) is 2.83. The van der Waals surface area contributed by atoms with Crippen molar-refractivity contribution in [1.82, 2.24) is 9.78 Å². The summed E-state index contributed by atoms with van der Waals surface area (Å²) in [5, 5.41) is 4.43. The molecule has 0 amide bonds. The fourth-order valence-electron chi connectivity index (χ4n) is 2.21. The summed E-state index contributed by atoms with van der Waals surface area (Å²) in [6.45, 7) is 4.10. The van der Waals surface area contributed by atoms with Gasteiger partial charge in [0.2, 0.25) is 0 Å². The average molecular weight is 192 g/mol. The quantitative estimate of drug-likeness (QED) is 0.714. The summed E-state index contributed by atoms with van der Waals surface area (Å²) in [6, 6.07) is 0. The third kappa shape index (κ3) is 1.59. The molecule has 0 saturated heterocycles. The Morgan fingerprint density at radius 2 is 2.14 bits per heavy atom. The molecule has 0 N–H and O–H groups in total. The van der Waals surface area contributed by atoms with E-state index < -0.39 is 0 Å². The molecule has 1 aromatic rings. The molecule has 3 heteroatoms. The molecular formula is C11H16N2O. The number of Topliss-reactive ketones (excluding diaryl/α,β-unsaturated/α-hetero) is 1. The minimum Gasteiger partial charge on any atom is -0.298 e. The van der Waals surface area contributed by atoms with Crippen molar-refractivity contribution >= 4 is 5.78 Å². The normalized spacial score (nSPS) is 15.3. The Labute approximate surface area is 84.1 Å². The Balaban J connectivity index is 2.36. The van der Waals surface area contributed by atoms with Crippen LogP contribution in [0.1, 0.15) is 36.7 Å². The van der Waals surface area contributed by atoms with Gasteiger partial charge >= 0.3 is 0 Å². The van der Waals surface area contributed by atoms with Crippen LogP contribution in [0.25, 0.3) is 0 Å². The molecular weight excluding hydrogens is 176 g/mol. The van der Waals surface area contributed by atoms with Crippen LogP contribution in [0.2, 0.25) is 0 Å². The van der Waals surface area contributed by atoms with E-state index in [1.54, 1.807) is 6.92 Å². The van der Waals surface area contributed by atoms with Gasteiger partial charge in [0, 0.05) is 5.69 Å². The first kappa shape index (κ1) is 9.44. The molecule has 1 heterocycles. The minimum absolute atomic E-state index is 0.181. The molecule has 76 valence electrons. The van der Waals surface area contributed by atoms with Gasteiger partial charge in [0.05, 0.1) is 12.2 Å². The van der Waals surface area contributed by atoms with Crippen LogP contribution < -0.4 is 0 Å². The van der Waals surface area contributed by atoms with Crippen LogP contribution in [0.3, 0.4) is 0 Å². The first-order valence-electron chi connectivity index (χ1n) is 5.23. The van der Waals surface area contributed by atoms with E-state index in [1.165, 1.54) is 24.1 Å². The molecule has 0 aliphatic heterocycles. The van der Waals surface area contributed by atoms with Gasteiger partial charge in [-0.2, -0.15) is 5.10 Å². The summed E-state index contributed by atoms with van der Waals surface area (Å²) in [5.41, 5.74) is 3.79. The van der Waals surface area contributed by atoms with Crippen molar-refractivity contribution in [2.75, 3.05) is 0 Å². The van der Waals surface area contributed by atoms with E-state index in [0.29, 0.717) is 6.54 Å². The highest BCUT2D eigenvalue weighted by Crippen LogP contribution is 2.23. The molecule has 0 bridgehead atoms. The summed E-state index contributed by atoms with van der Waals surface area (Å²) in [4.78, 5) is 11.0. The van der Waals surface area contributed by atoms with Crippen LogP contribution in [0.15, 0.2) is 0 Å². The van der Waals surface area contributed by atoms with Crippen LogP contribution in [0, 0.1) is 6.92 Å². The largest absolute Gasteiger partial charge is 0.298 e. The predicted octanol–water partition coefficient (Wildman–Crippen LogP) is 1.66. The van der Waals surface area contributed by atoms with Crippen molar-refractivity contribution in [2.24, 2.45) is 0 Å². The average Bonchev–Trinajstić information content (AvgIpc) is 2.44. The Morgan fingerprint density at radius 1 is 1.43 bits per heavy atom. The number of nitrogens with zero attached hydrogens (tertiary/aromatic N) is 2. The molecule has 0 atom stereocenters. The van der Waals surface area contributed by atoms with Crippen LogP contribution >= 0.6 is 0 Å². The highest BCUT2D eigenvalue weighted by molar-refractivity contribution is 5.75. The summed E-state index contributed by atoms with van der Waals surface area (Å²) in [7, 11) is 0. The van der Waals surface area contributed by atoms with Gasteiger partial charge in [-0.15, -0.1) is 0 Å². The lowest BCUT2D eigenvalue weighted by Crippen LogP contribution is -2.13. The maximum absolute atomic E-state index is 11.0. The fourth-order valence-corrected chi connectivity index (χ4v) is 2.21. The van der Waals surface area contributed by atoms with Gasteiger partial charge in [-0.3, -0.25) is 9.48 Å². The number of ketones is 1. The Kier molecular flexibility index (Phi) is 2.40. The van der Waals surface area contributed by atoms with Gasteiger partial charge in [-0.05, 0) is 45.1 Å². The maximum Gasteiger partial charge on any atom is 0.151 e. The molecule has 1 aliphatic carbocycles. The third-order valence-corrected chi connectivity index (χ3v) is 2.83. The molecule has 0 fully saturated rings. The summed E-state index contributed by atoms with van der Waals surface area (Å²) < 4.78 is 1.90. The lowest BCUT2D eigenvalue weighted by molar-refractivity contribution is -0.117. The summed E-state index contributed by atoms with van der Waals surface area (Å²) in [6.07, 6.45) is 4.72. The van der Waals surface area contributed by atoms with Gasteiger partial charge in [0.15, 0.2) is 5.78 Å². The van der Waals surface area contributed by atoms with Crippen molar-refractivity contribution in [1.29, 1.82) is 0 Å².